The van der Waals surface area contributed by atoms with Crippen molar-refractivity contribution >= 4 is 23.6 Å². The summed E-state index contributed by atoms with van der Waals surface area (Å²) in [6.07, 6.45) is 2.66. The predicted molar refractivity (Wildman–Crippen MR) is 103 cm³/mol. The first kappa shape index (κ1) is 19.2. The van der Waals surface area contributed by atoms with Crippen LogP contribution >= 0.6 is 11.8 Å². The molecule has 0 saturated carbocycles. The number of thioether (sulfide) groups is 1. The third-order valence-corrected chi connectivity index (χ3v) is 8.14. The summed E-state index contributed by atoms with van der Waals surface area (Å²) in [6.45, 7) is 7.81. The number of β-lactam (4-membered cyclic amide) rings is 1. The van der Waals surface area contributed by atoms with E-state index < -0.39 is 18.0 Å². The molecule has 1 unspecified atom stereocenters. The Kier molecular flexibility index (Phi) is 5.26. The minimum atomic E-state index is -1.03. The van der Waals surface area contributed by atoms with Gasteiger partial charge in [0.2, 0.25) is 5.91 Å². The number of piperidine rings is 1. The summed E-state index contributed by atoms with van der Waals surface area (Å²) >= 11 is 1.66. The SMILES string of the molecule is CC(O)[C@H]1C(=O)N2C(C(=O)O)=C(S[C@@H]3CCN(C4CCNCC4)C3)[C@H](C)[C@H]12. The molecule has 0 spiro atoms. The molecule has 0 aromatic heterocycles. The van der Waals surface area contributed by atoms with E-state index in [0.29, 0.717) is 11.3 Å². The summed E-state index contributed by atoms with van der Waals surface area (Å²) in [5.41, 5.74) is 0.153. The number of fused-ring (bicyclic) bond motifs is 1. The van der Waals surface area contributed by atoms with Crippen LogP contribution in [0.4, 0.5) is 0 Å². The lowest BCUT2D eigenvalue weighted by atomic mass is 9.79. The first-order valence-electron chi connectivity index (χ1n) is 10.00. The van der Waals surface area contributed by atoms with E-state index in [0.717, 1.165) is 37.5 Å². The molecular formula is C19H29N3O4S. The Morgan fingerprint density at radius 2 is 2.00 bits per heavy atom. The number of aliphatic hydroxyl groups excluding tert-OH is 1. The number of carbonyl (C=O) groups is 2. The second kappa shape index (κ2) is 7.39. The number of amides is 1. The third kappa shape index (κ3) is 3.20. The number of carboxylic acids is 1. The van der Waals surface area contributed by atoms with Crippen molar-refractivity contribution in [3.05, 3.63) is 10.6 Å². The van der Waals surface area contributed by atoms with E-state index >= 15 is 0 Å². The summed E-state index contributed by atoms with van der Waals surface area (Å²) in [4.78, 5) is 29.1. The normalized spacial score (nSPS) is 36.1. The quantitative estimate of drug-likeness (QED) is 0.590. The van der Waals surface area contributed by atoms with Crippen LogP contribution in [0.15, 0.2) is 10.6 Å². The van der Waals surface area contributed by atoms with Gasteiger partial charge in [0.05, 0.1) is 18.1 Å². The van der Waals surface area contributed by atoms with Crippen molar-refractivity contribution in [2.45, 2.75) is 56.5 Å². The highest BCUT2D eigenvalue weighted by molar-refractivity contribution is 8.03. The smallest absolute Gasteiger partial charge is 0.353 e. The Bertz CT molecular complexity index is 661. The van der Waals surface area contributed by atoms with Crippen molar-refractivity contribution in [3.63, 3.8) is 0 Å². The van der Waals surface area contributed by atoms with Crippen LogP contribution in [0.1, 0.15) is 33.1 Å². The standard InChI is InChI=1S/C19H29N3O4S/c1-10-15-14(11(2)23)18(24)22(15)16(19(25)26)17(10)27-13-5-8-21(9-13)12-3-6-20-7-4-12/h10-15,20,23H,3-9H2,1-2H3,(H,25,26)/t10-,11?,13-,14-,15-/m1/s1. The highest BCUT2D eigenvalue weighted by Crippen LogP contribution is 2.52. The summed E-state index contributed by atoms with van der Waals surface area (Å²) in [7, 11) is 0. The maximum absolute atomic E-state index is 12.4. The van der Waals surface area contributed by atoms with E-state index in [1.54, 1.807) is 18.7 Å². The van der Waals surface area contributed by atoms with Crippen LogP contribution in [0.2, 0.25) is 0 Å². The van der Waals surface area contributed by atoms with Crippen molar-refractivity contribution in [2.24, 2.45) is 11.8 Å². The molecular weight excluding hydrogens is 366 g/mol. The molecule has 1 amide bonds. The van der Waals surface area contributed by atoms with E-state index in [4.69, 9.17) is 0 Å². The van der Waals surface area contributed by atoms with Crippen molar-refractivity contribution in [1.82, 2.24) is 15.1 Å². The van der Waals surface area contributed by atoms with Crippen LogP contribution in [0.3, 0.4) is 0 Å². The number of aliphatic hydroxyl groups is 1. The first-order chi connectivity index (χ1) is 12.9. The summed E-state index contributed by atoms with van der Waals surface area (Å²) in [5.74, 6) is -1.80. The van der Waals surface area contributed by atoms with Crippen LogP contribution in [-0.4, -0.2) is 81.5 Å². The molecule has 4 aliphatic heterocycles. The number of likely N-dealkylation sites (tertiary alicyclic amines) is 1. The largest absolute Gasteiger partial charge is 0.477 e. The Morgan fingerprint density at radius 3 is 2.63 bits per heavy atom. The highest BCUT2D eigenvalue weighted by Gasteiger charge is 2.60. The number of hydrogen-bond acceptors (Lipinski definition) is 6. The van der Waals surface area contributed by atoms with E-state index in [1.807, 2.05) is 6.92 Å². The summed E-state index contributed by atoms with van der Waals surface area (Å²) < 4.78 is 0. The Balaban J connectivity index is 1.48. The summed E-state index contributed by atoms with van der Waals surface area (Å²) in [6, 6.07) is 0.417. The van der Waals surface area contributed by atoms with Crippen LogP contribution < -0.4 is 5.32 Å². The molecule has 4 aliphatic rings. The number of carbonyl (C=O) groups excluding carboxylic acids is 1. The van der Waals surface area contributed by atoms with Crippen LogP contribution in [0.25, 0.3) is 0 Å². The maximum Gasteiger partial charge on any atom is 0.353 e. The van der Waals surface area contributed by atoms with Gasteiger partial charge >= 0.3 is 5.97 Å². The minimum absolute atomic E-state index is 0.0358. The molecule has 3 saturated heterocycles. The van der Waals surface area contributed by atoms with Gasteiger partial charge in [0.1, 0.15) is 5.70 Å². The Labute approximate surface area is 164 Å². The van der Waals surface area contributed by atoms with Gasteiger partial charge in [0, 0.05) is 28.7 Å². The monoisotopic (exact) mass is 395 g/mol. The van der Waals surface area contributed by atoms with Gasteiger partial charge in [-0.2, -0.15) is 0 Å². The number of hydrogen-bond donors (Lipinski definition) is 3. The molecule has 3 fully saturated rings. The van der Waals surface area contributed by atoms with Crippen molar-refractivity contribution < 1.29 is 19.8 Å². The Hall–Kier alpha value is -1.09. The number of nitrogens with zero attached hydrogens (tertiary/aromatic N) is 2. The van der Waals surface area contributed by atoms with Crippen LogP contribution in [-0.2, 0) is 9.59 Å². The van der Waals surface area contributed by atoms with Gasteiger partial charge in [0.15, 0.2) is 0 Å². The molecule has 0 radical (unpaired) electrons. The summed E-state index contributed by atoms with van der Waals surface area (Å²) in [5, 5.41) is 23.5. The average Bonchev–Trinajstić information content (AvgIpc) is 3.18. The second-order valence-corrected chi connectivity index (χ2v) is 9.62. The number of nitrogens with one attached hydrogen (secondary N) is 1. The molecule has 0 aromatic carbocycles. The minimum Gasteiger partial charge on any atom is -0.477 e. The molecule has 0 aliphatic carbocycles. The lowest BCUT2D eigenvalue weighted by Gasteiger charge is -2.46. The van der Waals surface area contributed by atoms with E-state index in [9.17, 15) is 19.8 Å². The highest BCUT2D eigenvalue weighted by atomic mass is 32.2. The molecule has 4 rings (SSSR count). The fourth-order valence-corrected chi connectivity index (χ4v) is 6.71. The molecule has 150 valence electrons. The van der Waals surface area contributed by atoms with Crippen molar-refractivity contribution in [3.8, 4) is 0 Å². The van der Waals surface area contributed by atoms with Crippen molar-refractivity contribution in [1.29, 1.82) is 0 Å². The zero-order chi connectivity index (χ0) is 19.3. The number of rotatable bonds is 5. The molecule has 7 nitrogen and oxygen atoms in total. The molecule has 0 aromatic rings. The fraction of sp³-hybridized carbons (Fsp3) is 0.789. The number of carboxylic acid groups (broad SMARTS) is 1. The fourth-order valence-electron chi connectivity index (χ4n) is 5.21. The van der Waals surface area contributed by atoms with Gasteiger partial charge < -0.3 is 20.4 Å². The van der Waals surface area contributed by atoms with Gasteiger partial charge in [0.25, 0.3) is 0 Å². The van der Waals surface area contributed by atoms with Gasteiger partial charge in [-0.05, 0) is 45.8 Å². The maximum atomic E-state index is 12.4. The van der Waals surface area contributed by atoms with Crippen LogP contribution in [0.5, 0.6) is 0 Å². The number of aliphatic carboxylic acids is 1. The lowest BCUT2D eigenvalue weighted by molar-refractivity contribution is -0.163. The molecule has 8 heteroatoms. The molecule has 4 heterocycles. The van der Waals surface area contributed by atoms with E-state index in [2.05, 4.69) is 10.2 Å². The topological polar surface area (TPSA) is 93.1 Å². The zero-order valence-electron chi connectivity index (χ0n) is 15.9. The Morgan fingerprint density at radius 1 is 1.30 bits per heavy atom. The predicted octanol–water partition coefficient (Wildman–Crippen LogP) is 0.700. The average molecular weight is 396 g/mol. The van der Waals surface area contributed by atoms with Gasteiger partial charge in [-0.1, -0.05) is 6.92 Å². The van der Waals surface area contributed by atoms with E-state index in [-0.39, 0.29) is 23.6 Å². The van der Waals surface area contributed by atoms with Gasteiger partial charge in [-0.25, -0.2) is 4.79 Å². The van der Waals surface area contributed by atoms with E-state index in [1.165, 1.54) is 17.7 Å². The molecule has 3 N–H and O–H groups in total. The first-order valence-corrected chi connectivity index (χ1v) is 10.9. The zero-order valence-corrected chi connectivity index (χ0v) is 16.7. The second-order valence-electron chi connectivity index (χ2n) is 8.28. The third-order valence-electron chi connectivity index (χ3n) is 6.61. The van der Waals surface area contributed by atoms with Crippen molar-refractivity contribution in [2.75, 3.05) is 26.2 Å². The lowest BCUT2D eigenvalue weighted by Crippen LogP contribution is -2.63. The molecule has 5 atom stereocenters. The van der Waals surface area contributed by atoms with Crippen LogP contribution in [0, 0.1) is 11.8 Å². The molecule has 0 bridgehead atoms. The molecule has 27 heavy (non-hydrogen) atoms. The van der Waals surface area contributed by atoms with Gasteiger partial charge in [-0.3, -0.25) is 9.69 Å². The van der Waals surface area contributed by atoms with Gasteiger partial charge in [-0.15, -0.1) is 11.8 Å².